The molecule has 108 valence electrons. The lowest BCUT2D eigenvalue weighted by atomic mass is 10.0. The van der Waals surface area contributed by atoms with Gasteiger partial charge in [-0.25, -0.2) is 0 Å². The van der Waals surface area contributed by atoms with Gasteiger partial charge in [0.15, 0.2) is 0 Å². The molecule has 4 heteroatoms. The highest BCUT2D eigenvalue weighted by Gasteiger charge is 2.09. The van der Waals surface area contributed by atoms with E-state index in [0.717, 1.165) is 29.9 Å². The predicted molar refractivity (Wildman–Crippen MR) is 77.0 cm³/mol. The average molecular weight is 267 g/mol. The fourth-order valence-corrected chi connectivity index (χ4v) is 1.75. The van der Waals surface area contributed by atoms with Gasteiger partial charge in [-0.3, -0.25) is 0 Å². The third kappa shape index (κ3) is 5.49. The van der Waals surface area contributed by atoms with Crippen LogP contribution in [0.25, 0.3) is 0 Å². The second-order valence-corrected chi connectivity index (χ2v) is 4.39. The zero-order valence-electron chi connectivity index (χ0n) is 12.1. The SMILES string of the molecule is CCOCCOc1cc(OC)ccc1CC(N)CC. The second-order valence-electron chi connectivity index (χ2n) is 4.39. The summed E-state index contributed by atoms with van der Waals surface area (Å²) in [5.41, 5.74) is 7.13. The highest BCUT2D eigenvalue weighted by molar-refractivity contribution is 5.41. The number of nitrogens with two attached hydrogens (primary N) is 1. The maximum atomic E-state index is 6.01. The Hall–Kier alpha value is -1.26. The van der Waals surface area contributed by atoms with E-state index in [2.05, 4.69) is 6.92 Å². The van der Waals surface area contributed by atoms with Crippen molar-refractivity contribution in [2.24, 2.45) is 5.73 Å². The van der Waals surface area contributed by atoms with Crippen molar-refractivity contribution >= 4 is 0 Å². The van der Waals surface area contributed by atoms with Gasteiger partial charge in [0.05, 0.1) is 13.7 Å². The fraction of sp³-hybridized carbons (Fsp3) is 0.600. The van der Waals surface area contributed by atoms with Crippen LogP contribution >= 0.6 is 0 Å². The van der Waals surface area contributed by atoms with Gasteiger partial charge in [0.2, 0.25) is 0 Å². The lowest BCUT2D eigenvalue weighted by Crippen LogP contribution is -2.22. The van der Waals surface area contributed by atoms with Crippen LogP contribution in [-0.2, 0) is 11.2 Å². The van der Waals surface area contributed by atoms with Crippen molar-refractivity contribution in [1.82, 2.24) is 0 Å². The van der Waals surface area contributed by atoms with E-state index in [4.69, 9.17) is 19.9 Å². The normalized spacial score (nSPS) is 12.2. The summed E-state index contributed by atoms with van der Waals surface area (Å²) in [5.74, 6) is 1.63. The lowest BCUT2D eigenvalue weighted by molar-refractivity contribution is 0.109. The van der Waals surface area contributed by atoms with E-state index < -0.39 is 0 Å². The molecule has 0 fully saturated rings. The highest BCUT2D eigenvalue weighted by atomic mass is 16.5. The minimum absolute atomic E-state index is 0.155. The van der Waals surface area contributed by atoms with Crippen molar-refractivity contribution in [2.45, 2.75) is 32.7 Å². The Morgan fingerprint density at radius 1 is 1.21 bits per heavy atom. The molecule has 1 rings (SSSR count). The van der Waals surface area contributed by atoms with Gasteiger partial charge in [-0.15, -0.1) is 0 Å². The monoisotopic (exact) mass is 267 g/mol. The largest absolute Gasteiger partial charge is 0.497 e. The summed E-state index contributed by atoms with van der Waals surface area (Å²) in [5, 5.41) is 0. The van der Waals surface area contributed by atoms with Crippen LogP contribution in [0.4, 0.5) is 0 Å². The van der Waals surface area contributed by atoms with Crippen LogP contribution in [0.2, 0.25) is 0 Å². The number of hydrogen-bond acceptors (Lipinski definition) is 4. The predicted octanol–water partition coefficient (Wildman–Crippen LogP) is 2.39. The van der Waals surface area contributed by atoms with Gasteiger partial charge < -0.3 is 19.9 Å². The van der Waals surface area contributed by atoms with Gasteiger partial charge in [-0.1, -0.05) is 13.0 Å². The molecule has 2 N–H and O–H groups in total. The van der Waals surface area contributed by atoms with Crippen molar-refractivity contribution in [3.8, 4) is 11.5 Å². The summed E-state index contributed by atoms with van der Waals surface area (Å²) in [4.78, 5) is 0. The van der Waals surface area contributed by atoms with Gasteiger partial charge in [-0.2, -0.15) is 0 Å². The third-order valence-electron chi connectivity index (χ3n) is 2.97. The molecule has 1 aromatic carbocycles. The van der Waals surface area contributed by atoms with Gasteiger partial charge in [0.1, 0.15) is 18.1 Å². The van der Waals surface area contributed by atoms with Gasteiger partial charge in [0.25, 0.3) is 0 Å². The first kappa shape index (κ1) is 15.8. The number of hydrogen-bond donors (Lipinski definition) is 1. The molecule has 0 aliphatic heterocycles. The summed E-state index contributed by atoms with van der Waals surface area (Å²) in [6.07, 6.45) is 1.76. The van der Waals surface area contributed by atoms with E-state index >= 15 is 0 Å². The molecule has 0 aromatic heterocycles. The molecule has 0 amide bonds. The molecule has 0 heterocycles. The topological polar surface area (TPSA) is 53.7 Å². The van der Waals surface area contributed by atoms with Crippen molar-refractivity contribution in [3.05, 3.63) is 23.8 Å². The van der Waals surface area contributed by atoms with Crippen LogP contribution in [0.5, 0.6) is 11.5 Å². The summed E-state index contributed by atoms with van der Waals surface area (Å²) in [6, 6.07) is 6.02. The first-order valence-corrected chi connectivity index (χ1v) is 6.84. The van der Waals surface area contributed by atoms with Crippen molar-refractivity contribution in [1.29, 1.82) is 0 Å². The Morgan fingerprint density at radius 2 is 2.00 bits per heavy atom. The summed E-state index contributed by atoms with van der Waals surface area (Å²) >= 11 is 0. The first-order valence-electron chi connectivity index (χ1n) is 6.84. The third-order valence-corrected chi connectivity index (χ3v) is 2.97. The van der Waals surface area contributed by atoms with Gasteiger partial charge in [0, 0.05) is 18.7 Å². The first-order chi connectivity index (χ1) is 9.21. The molecule has 0 aliphatic carbocycles. The molecule has 0 bridgehead atoms. The van der Waals surface area contributed by atoms with Crippen molar-refractivity contribution in [3.63, 3.8) is 0 Å². The van der Waals surface area contributed by atoms with E-state index in [-0.39, 0.29) is 6.04 Å². The molecule has 4 nitrogen and oxygen atoms in total. The lowest BCUT2D eigenvalue weighted by Gasteiger charge is -2.15. The number of rotatable bonds is 9. The van der Waals surface area contributed by atoms with Gasteiger partial charge >= 0.3 is 0 Å². The molecule has 0 aliphatic rings. The second kappa shape index (κ2) is 8.77. The maximum Gasteiger partial charge on any atom is 0.126 e. The van der Waals surface area contributed by atoms with Crippen LogP contribution in [0.1, 0.15) is 25.8 Å². The molecule has 0 saturated carbocycles. The average Bonchev–Trinajstić information content (AvgIpc) is 2.44. The maximum absolute atomic E-state index is 6.01. The van der Waals surface area contributed by atoms with Crippen LogP contribution in [-0.4, -0.2) is 33.0 Å². The zero-order valence-corrected chi connectivity index (χ0v) is 12.1. The number of methoxy groups -OCH3 is 1. The molecule has 0 spiro atoms. The van der Waals surface area contributed by atoms with E-state index in [1.807, 2.05) is 25.1 Å². The molecule has 19 heavy (non-hydrogen) atoms. The quantitative estimate of drug-likeness (QED) is 0.698. The van der Waals surface area contributed by atoms with Crippen molar-refractivity contribution in [2.75, 3.05) is 26.9 Å². The van der Waals surface area contributed by atoms with E-state index in [1.165, 1.54) is 0 Å². The van der Waals surface area contributed by atoms with E-state index in [1.54, 1.807) is 7.11 Å². The Morgan fingerprint density at radius 3 is 2.63 bits per heavy atom. The Kier molecular flexibility index (Phi) is 7.30. The molecule has 0 saturated heterocycles. The zero-order chi connectivity index (χ0) is 14.1. The molecule has 1 aromatic rings. The Balaban J connectivity index is 2.71. The van der Waals surface area contributed by atoms with E-state index in [9.17, 15) is 0 Å². The molecular weight excluding hydrogens is 242 g/mol. The standard InChI is InChI=1S/C15H25NO3/c1-4-13(16)10-12-6-7-14(17-3)11-15(12)19-9-8-18-5-2/h6-7,11,13H,4-5,8-10,16H2,1-3H3. The summed E-state index contributed by atoms with van der Waals surface area (Å²) in [6.45, 7) is 5.89. The molecular formula is C15H25NO3. The summed E-state index contributed by atoms with van der Waals surface area (Å²) in [7, 11) is 1.65. The van der Waals surface area contributed by atoms with E-state index in [0.29, 0.717) is 19.8 Å². The number of ether oxygens (including phenoxy) is 3. The van der Waals surface area contributed by atoms with Gasteiger partial charge in [-0.05, 0) is 31.4 Å². The van der Waals surface area contributed by atoms with Crippen molar-refractivity contribution < 1.29 is 14.2 Å². The Bertz CT molecular complexity index is 368. The van der Waals surface area contributed by atoms with Crippen LogP contribution in [0.15, 0.2) is 18.2 Å². The fourth-order valence-electron chi connectivity index (χ4n) is 1.75. The van der Waals surface area contributed by atoms with Crippen LogP contribution < -0.4 is 15.2 Å². The number of benzene rings is 1. The molecule has 0 radical (unpaired) electrons. The molecule has 1 atom stereocenters. The Labute approximate surface area is 115 Å². The molecule has 1 unspecified atom stereocenters. The smallest absolute Gasteiger partial charge is 0.126 e. The van der Waals surface area contributed by atoms with Crippen LogP contribution in [0.3, 0.4) is 0 Å². The summed E-state index contributed by atoms with van der Waals surface area (Å²) < 4.78 is 16.3. The van der Waals surface area contributed by atoms with Crippen LogP contribution in [0, 0.1) is 0 Å². The minimum atomic E-state index is 0.155. The highest BCUT2D eigenvalue weighted by Crippen LogP contribution is 2.26. The minimum Gasteiger partial charge on any atom is -0.497 e.